The zero-order valence-corrected chi connectivity index (χ0v) is 7.37. The Morgan fingerprint density at radius 3 is 2.50 bits per heavy atom. The molecule has 1 N–H and O–H groups in total. The van der Waals surface area contributed by atoms with E-state index in [9.17, 15) is 9.59 Å². The van der Waals surface area contributed by atoms with E-state index >= 15 is 0 Å². The zero-order chi connectivity index (χ0) is 9.56. The summed E-state index contributed by atoms with van der Waals surface area (Å²) in [5.41, 5.74) is 0. The van der Waals surface area contributed by atoms with Crippen molar-refractivity contribution in [3.63, 3.8) is 0 Å². The molecule has 0 amide bonds. The number of aliphatic hydroxyl groups excluding tert-OH is 1. The average Bonchev–Trinajstić information content (AvgIpc) is 2.00. The van der Waals surface area contributed by atoms with Crippen LogP contribution in [0.3, 0.4) is 0 Å². The van der Waals surface area contributed by atoms with Gasteiger partial charge in [0.25, 0.3) is 0 Å². The normalized spacial score (nSPS) is 12.2. The fourth-order valence-electron chi connectivity index (χ4n) is 0.680. The predicted molar refractivity (Wildman–Crippen MR) is 42.6 cm³/mol. The molecule has 0 heterocycles. The zero-order valence-electron chi connectivity index (χ0n) is 7.37. The molecule has 0 aromatic carbocycles. The van der Waals surface area contributed by atoms with E-state index in [2.05, 4.69) is 4.74 Å². The highest BCUT2D eigenvalue weighted by molar-refractivity contribution is 5.78. The first kappa shape index (κ1) is 11.1. The van der Waals surface area contributed by atoms with Crippen molar-refractivity contribution in [3.05, 3.63) is 0 Å². The standard InChI is InChI=1S/C8H14O4/c1-3-7(10)4-8(11)5-12-6(2)9/h8,11H,3-5H2,1-2H3/t8-/m0/s1. The lowest BCUT2D eigenvalue weighted by atomic mass is 10.1. The van der Waals surface area contributed by atoms with E-state index in [4.69, 9.17) is 5.11 Å². The van der Waals surface area contributed by atoms with E-state index < -0.39 is 12.1 Å². The number of esters is 1. The SMILES string of the molecule is CCC(=O)C[C@H](O)COC(C)=O. The van der Waals surface area contributed by atoms with Crippen LogP contribution in [0.1, 0.15) is 26.7 Å². The Kier molecular flexibility index (Phi) is 5.28. The van der Waals surface area contributed by atoms with Gasteiger partial charge in [0.2, 0.25) is 0 Å². The summed E-state index contributed by atoms with van der Waals surface area (Å²) in [5, 5.41) is 9.10. The molecule has 0 aromatic heterocycles. The van der Waals surface area contributed by atoms with Gasteiger partial charge in [-0.25, -0.2) is 0 Å². The Labute approximate surface area is 71.5 Å². The molecule has 0 saturated heterocycles. The van der Waals surface area contributed by atoms with Crippen molar-refractivity contribution in [2.75, 3.05) is 6.61 Å². The Balaban J connectivity index is 3.52. The number of ketones is 1. The van der Waals surface area contributed by atoms with Gasteiger partial charge in [0, 0.05) is 19.8 Å². The maximum Gasteiger partial charge on any atom is 0.302 e. The van der Waals surface area contributed by atoms with Crippen LogP contribution in [0.25, 0.3) is 0 Å². The van der Waals surface area contributed by atoms with Crippen LogP contribution in [0.2, 0.25) is 0 Å². The van der Waals surface area contributed by atoms with Crippen LogP contribution in [0.15, 0.2) is 0 Å². The second-order valence-corrected chi connectivity index (χ2v) is 2.55. The molecular formula is C8H14O4. The third kappa shape index (κ3) is 5.85. The number of ether oxygens (including phenoxy) is 1. The van der Waals surface area contributed by atoms with Gasteiger partial charge in [-0.15, -0.1) is 0 Å². The van der Waals surface area contributed by atoms with Crippen molar-refractivity contribution in [2.45, 2.75) is 32.8 Å². The van der Waals surface area contributed by atoms with Gasteiger partial charge >= 0.3 is 5.97 Å². The molecule has 0 saturated carbocycles. The molecule has 0 aliphatic heterocycles. The molecule has 0 aromatic rings. The number of carbonyl (C=O) groups excluding carboxylic acids is 2. The lowest BCUT2D eigenvalue weighted by Gasteiger charge is -2.08. The third-order valence-corrected chi connectivity index (χ3v) is 1.34. The van der Waals surface area contributed by atoms with Gasteiger partial charge in [-0.05, 0) is 0 Å². The monoisotopic (exact) mass is 174 g/mol. The minimum atomic E-state index is -0.860. The summed E-state index contributed by atoms with van der Waals surface area (Å²) < 4.78 is 4.51. The predicted octanol–water partition coefficient (Wildman–Crippen LogP) is 0.280. The first-order chi connectivity index (χ1) is 5.56. The molecule has 4 nitrogen and oxygen atoms in total. The quantitative estimate of drug-likeness (QED) is 0.608. The van der Waals surface area contributed by atoms with Crippen LogP contribution in [0, 0.1) is 0 Å². The lowest BCUT2D eigenvalue weighted by molar-refractivity contribution is -0.145. The summed E-state index contributed by atoms with van der Waals surface area (Å²) >= 11 is 0. The fraction of sp³-hybridized carbons (Fsp3) is 0.750. The van der Waals surface area contributed by atoms with Gasteiger partial charge < -0.3 is 9.84 Å². The van der Waals surface area contributed by atoms with Gasteiger partial charge in [-0.2, -0.15) is 0 Å². The maximum atomic E-state index is 10.8. The van der Waals surface area contributed by atoms with Crippen molar-refractivity contribution >= 4 is 11.8 Å². The fourth-order valence-corrected chi connectivity index (χ4v) is 0.680. The van der Waals surface area contributed by atoms with Crippen molar-refractivity contribution in [2.24, 2.45) is 0 Å². The van der Waals surface area contributed by atoms with Crippen molar-refractivity contribution in [3.8, 4) is 0 Å². The molecule has 0 radical (unpaired) electrons. The second kappa shape index (κ2) is 5.71. The first-order valence-corrected chi connectivity index (χ1v) is 3.89. The lowest BCUT2D eigenvalue weighted by Crippen LogP contribution is -2.20. The molecule has 0 rings (SSSR count). The van der Waals surface area contributed by atoms with E-state index in [1.54, 1.807) is 6.92 Å². The van der Waals surface area contributed by atoms with Crippen LogP contribution in [0.5, 0.6) is 0 Å². The Bertz CT molecular complexity index is 164. The van der Waals surface area contributed by atoms with Crippen molar-refractivity contribution in [1.82, 2.24) is 0 Å². The third-order valence-electron chi connectivity index (χ3n) is 1.34. The first-order valence-electron chi connectivity index (χ1n) is 3.89. The molecule has 1 atom stereocenters. The largest absolute Gasteiger partial charge is 0.463 e. The van der Waals surface area contributed by atoms with Gasteiger partial charge in [0.1, 0.15) is 12.4 Å². The molecule has 0 aliphatic rings. The minimum absolute atomic E-state index is 0.0327. The number of carbonyl (C=O) groups is 2. The average molecular weight is 174 g/mol. The summed E-state index contributed by atoms with van der Waals surface area (Å²) in [6, 6.07) is 0. The molecule has 0 unspecified atom stereocenters. The van der Waals surface area contributed by atoms with Crippen LogP contribution in [0.4, 0.5) is 0 Å². The van der Waals surface area contributed by atoms with Gasteiger partial charge in [0.15, 0.2) is 0 Å². The van der Waals surface area contributed by atoms with Crippen LogP contribution in [-0.2, 0) is 14.3 Å². The number of aliphatic hydroxyl groups is 1. The molecule has 4 heteroatoms. The summed E-state index contributed by atoms with van der Waals surface area (Å²) in [5.74, 6) is -0.479. The summed E-state index contributed by atoms with van der Waals surface area (Å²) in [6.45, 7) is 2.89. The minimum Gasteiger partial charge on any atom is -0.463 e. The van der Waals surface area contributed by atoms with Crippen molar-refractivity contribution in [1.29, 1.82) is 0 Å². The molecule has 0 spiro atoms. The Morgan fingerprint density at radius 1 is 1.50 bits per heavy atom. The highest BCUT2D eigenvalue weighted by Gasteiger charge is 2.10. The van der Waals surface area contributed by atoms with E-state index in [0.29, 0.717) is 6.42 Å². The van der Waals surface area contributed by atoms with Crippen LogP contribution in [-0.4, -0.2) is 29.6 Å². The maximum absolute atomic E-state index is 10.8. The van der Waals surface area contributed by atoms with Crippen LogP contribution >= 0.6 is 0 Å². The molecule has 12 heavy (non-hydrogen) atoms. The Morgan fingerprint density at radius 2 is 2.08 bits per heavy atom. The highest BCUT2D eigenvalue weighted by atomic mass is 16.5. The number of hydrogen-bond acceptors (Lipinski definition) is 4. The number of hydrogen-bond donors (Lipinski definition) is 1. The van der Waals surface area contributed by atoms with Gasteiger partial charge in [-0.1, -0.05) is 6.92 Å². The van der Waals surface area contributed by atoms with Crippen LogP contribution < -0.4 is 0 Å². The number of rotatable bonds is 5. The smallest absolute Gasteiger partial charge is 0.302 e. The number of Topliss-reactive ketones (excluding diaryl/α,β-unsaturated/α-hetero) is 1. The van der Waals surface area contributed by atoms with Gasteiger partial charge in [-0.3, -0.25) is 9.59 Å². The summed E-state index contributed by atoms with van der Waals surface area (Å²) in [4.78, 5) is 21.1. The van der Waals surface area contributed by atoms with E-state index in [1.165, 1.54) is 6.92 Å². The topological polar surface area (TPSA) is 63.6 Å². The highest BCUT2D eigenvalue weighted by Crippen LogP contribution is 1.97. The molecule has 0 fully saturated rings. The van der Waals surface area contributed by atoms with Crippen molar-refractivity contribution < 1.29 is 19.4 Å². The summed E-state index contributed by atoms with van der Waals surface area (Å²) in [6.07, 6.45) is -0.401. The molecule has 0 bridgehead atoms. The Hall–Kier alpha value is -0.900. The molecule has 70 valence electrons. The van der Waals surface area contributed by atoms with E-state index in [0.717, 1.165) is 0 Å². The van der Waals surface area contributed by atoms with E-state index in [1.807, 2.05) is 0 Å². The van der Waals surface area contributed by atoms with Gasteiger partial charge in [0.05, 0.1) is 6.10 Å². The molecule has 0 aliphatic carbocycles. The van der Waals surface area contributed by atoms with E-state index in [-0.39, 0.29) is 18.8 Å². The molecular weight excluding hydrogens is 160 g/mol. The second-order valence-electron chi connectivity index (χ2n) is 2.55. The summed E-state index contributed by atoms with van der Waals surface area (Å²) in [7, 11) is 0.